The van der Waals surface area contributed by atoms with Gasteiger partial charge < -0.3 is 14.2 Å². The lowest BCUT2D eigenvalue weighted by molar-refractivity contribution is -0.167. The van der Waals surface area contributed by atoms with Crippen molar-refractivity contribution < 1.29 is 28.6 Å². The zero-order valence-corrected chi connectivity index (χ0v) is 51.9. The molecule has 0 N–H and O–H groups in total. The number of carbonyl (C=O) groups excluding carboxylic acids is 3. The molecular formula is C72H128O6. The number of hydrogen-bond donors (Lipinski definition) is 0. The molecule has 1 atom stereocenters. The van der Waals surface area contributed by atoms with Crippen molar-refractivity contribution in [2.24, 2.45) is 0 Å². The second-order valence-corrected chi connectivity index (χ2v) is 22.7. The topological polar surface area (TPSA) is 78.9 Å². The molecule has 78 heavy (non-hydrogen) atoms. The molecule has 452 valence electrons. The van der Waals surface area contributed by atoms with E-state index < -0.39 is 6.10 Å². The van der Waals surface area contributed by atoms with Crippen molar-refractivity contribution >= 4 is 17.9 Å². The van der Waals surface area contributed by atoms with Gasteiger partial charge in [-0.2, -0.15) is 0 Å². The Bertz CT molecular complexity index is 1440. The van der Waals surface area contributed by atoms with Gasteiger partial charge in [-0.05, 0) is 109 Å². The van der Waals surface area contributed by atoms with Crippen LogP contribution in [0.5, 0.6) is 0 Å². The van der Waals surface area contributed by atoms with Gasteiger partial charge in [0.25, 0.3) is 0 Å². The van der Waals surface area contributed by atoms with E-state index in [0.717, 1.165) is 89.9 Å². The monoisotopic (exact) mass is 1090 g/mol. The van der Waals surface area contributed by atoms with Crippen LogP contribution in [-0.4, -0.2) is 37.2 Å². The quantitative estimate of drug-likeness (QED) is 0.0261. The van der Waals surface area contributed by atoms with E-state index in [1.54, 1.807) is 0 Å². The first kappa shape index (κ1) is 74.8. The summed E-state index contributed by atoms with van der Waals surface area (Å²) < 4.78 is 16.9. The lowest BCUT2D eigenvalue weighted by Crippen LogP contribution is -2.30. The number of allylic oxidation sites excluding steroid dienone is 12. The summed E-state index contributed by atoms with van der Waals surface area (Å²) in [6.45, 7) is 6.53. The molecule has 0 heterocycles. The molecule has 0 bridgehead atoms. The summed E-state index contributed by atoms with van der Waals surface area (Å²) in [4.78, 5) is 38.3. The molecule has 6 nitrogen and oxygen atoms in total. The van der Waals surface area contributed by atoms with E-state index in [0.29, 0.717) is 19.3 Å². The van der Waals surface area contributed by atoms with Crippen molar-refractivity contribution in [1.82, 2.24) is 0 Å². The number of carbonyl (C=O) groups is 3. The van der Waals surface area contributed by atoms with Crippen molar-refractivity contribution in [3.8, 4) is 0 Å². The van der Waals surface area contributed by atoms with Crippen LogP contribution in [0.2, 0.25) is 0 Å². The molecule has 1 unspecified atom stereocenters. The van der Waals surface area contributed by atoms with E-state index in [1.807, 2.05) is 0 Å². The molecule has 0 spiro atoms. The first-order chi connectivity index (χ1) is 38.5. The molecule has 0 aromatic heterocycles. The Morgan fingerprint density at radius 2 is 0.500 bits per heavy atom. The van der Waals surface area contributed by atoms with Gasteiger partial charge in [0.15, 0.2) is 6.10 Å². The van der Waals surface area contributed by atoms with Crippen molar-refractivity contribution in [1.29, 1.82) is 0 Å². The molecule has 0 fully saturated rings. The molecule has 0 aromatic carbocycles. The summed E-state index contributed by atoms with van der Waals surface area (Å²) in [5, 5.41) is 0. The minimum absolute atomic E-state index is 0.0756. The van der Waals surface area contributed by atoms with Crippen LogP contribution >= 0.6 is 0 Å². The Balaban J connectivity index is 4.16. The first-order valence-corrected chi connectivity index (χ1v) is 33.9. The van der Waals surface area contributed by atoms with E-state index in [4.69, 9.17) is 14.2 Å². The maximum atomic E-state index is 12.9. The normalized spacial score (nSPS) is 12.5. The molecule has 0 saturated heterocycles. The van der Waals surface area contributed by atoms with Gasteiger partial charge in [-0.15, -0.1) is 0 Å². The van der Waals surface area contributed by atoms with Crippen LogP contribution in [0.1, 0.15) is 348 Å². The van der Waals surface area contributed by atoms with Gasteiger partial charge >= 0.3 is 17.9 Å². The molecule has 0 saturated carbocycles. The highest BCUT2D eigenvalue weighted by atomic mass is 16.6. The number of unbranched alkanes of at least 4 members (excludes halogenated alkanes) is 39. The van der Waals surface area contributed by atoms with E-state index in [1.165, 1.54) is 218 Å². The predicted octanol–water partition coefficient (Wildman–Crippen LogP) is 23.3. The van der Waals surface area contributed by atoms with E-state index in [9.17, 15) is 14.4 Å². The van der Waals surface area contributed by atoms with E-state index in [-0.39, 0.29) is 31.1 Å². The summed E-state index contributed by atoms with van der Waals surface area (Å²) in [7, 11) is 0. The highest BCUT2D eigenvalue weighted by molar-refractivity contribution is 5.71. The Morgan fingerprint density at radius 3 is 0.821 bits per heavy atom. The molecule has 0 radical (unpaired) electrons. The zero-order chi connectivity index (χ0) is 56.4. The Morgan fingerprint density at radius 1 is 0.269 bits per heavy atom. The number of rotatable bonds is 62. The molecule has 0 aliphatic heterocycles. The lowest BCUT2D eigenvalue weighted by atomic mass is 10.0. The second kappa shape index (κ2) is 66.4. The molecular weight excluding hydrogens is 961 g/mol. The summed E-state index contributed by atoms with van der Waals surface area (Å²) in [5.74, 6) is -0.871. The highest BCUT2D eigenvalue weighted by Crippen LogP contribution is 2.17. The van der Waals surface area contributed by atoms with Crippen LogP contribution in [0.3, 0.4) is 0 Å². The van der Waals surface area contributed by atoms with Gasteiger partial charge in [0.1, 0.15) is 13.2 Å². The fraction of sp³-hybridized carbons (Fsp3) is 0.792. The van der Waals surface area contributed by atoms with Gasteiger partial charge in [0.2, 0.25) is 0 Å². The molecule has 0 aliphatic rings. The summed E-state index contributed by atoms with van der Waals surface area (Å²) in [6.07, 6.45) is 86.4. The predicted molar refractivity (Wildman–Crippen MR) is 339 cm³/mol. The minimum atomic E-state index is -0.779. The Kier molecular flexibility index (Phi) is 63.7. The highest BCUT2D eigenvalue weighted by Gasteiger charge is 2.19. The van der Waals surface area contributed by atoms with E-state index >= 15 is 0 Å². The second-order valence-electron chi connectivity index (χ2n) is 22.7. The van der Waals surface area contributed by atoms with Crippen LogP contribution < -0.4 is 0 Å². The lowest BCUT2D eigenvalue weighted by Gasteiger charge is -2.18. The van der Waals surface area contributed by atoms with Crippen LogP contribution in [-0.2, 0) is 28.6 Å². The number of hydrogen-bond acceptors (Lipinski definition) is 6. The maximum Gasteiger partial charge on any atom is 0.306 e. The first-order valence-electron chi connectivity index (χ1n) is 33.9. The number of ether oxygens (including phenoxy) is 3. The summed E-state index contributed by atoms with van der Waals surface area (Å²) in [6, 6.07) is 0. The largest absolute Gasteiger partial charge is 0.462 e. The van der Waals surface area contributed by atoms with Gasteiger partial charge in [-0.25, -0.2) is 0 Å². The fourth-order valence-corrected chi connectivity index (χ4v) is 9.84. The van der Waals surface area contributed by atoms with Crippen molar-refractivity contribution in [2.45, 2.75) is 354 Å². The van der Waals surface area contributed by atoms with Crippen molar-refractivity contribution in [3.05, 3.63) is 72.9 Å². The molecule has 0 amide bonds. The third-order valence-corrected chi connectivity index (χ3v) is 14.9. The fourth-order valence-electron chi connectivity index (χ4n) is 9.84. The van der Waals surface area contributed by atoms with Crippen LogP contribution in [0.4, 0.5) is 0 Å². The molecule has 0 aliphatic carbocycles. The molecule has 6 heteroatoms. The van der Waals surface area contributed by atoms with Gasteiger partial charge in [0, 0.05) is 19.3 Å². The average Bonchev–Trinajstić information content (AvgIpc) is 3.44. The van der Waals surface area contributed by atoms with Crippen LogP contribution in [0.25, 0.3) is 0 Å². The van der Waals surface area contributed by atoms with Gasteiger partial charge in [-0.1, -0.05) is 293 Å². The summed E-state index contributed by atoms with van der Waals surface area (Å²) in [5.41, 5.74) is 0. The smallest absolute Gasteiger partial charge is 0.306 e. The minimum Gasteiger partial charge on any atom is -0.462 e. The Hall–Kier alpha value is -3.15. The third kappa shape index (κ3) is 63.7. The summed E-state index contributed by atoms with van der Waals surface area (Å²) >= 11 is 0. The Labute approximate surface area is 484 Å². The third-order valence-electron chi connectivity index (χ3n) is 14.9. The van der Waals surface area contributed by atoms with Crippen LogP contribution in [0, 0.1) is 0 Å². The molecule has 0 rings (SSSR count). The number of esters is 3. The van der Waals surface area contributed by atoms with E-state index in [2.05, 4.69) is 93.7 Å². The maximum absolute atomic E-state index is 12.9. The molecule has 0 aromatic rings. The van der Waals surface area contributed by atoms with Crippen molar-refractivity contribution in [2.75, 3.05) is 13.2 Å². The standard InChI is InChI=1S/C72H128O6/c1-4-7-10-13-16-19-22-25-27-29-30-31-32-33-34-35-36-37-38-39-40-41-42-44-45-47-50-53-56-59-62-65-71(74)77-68-69(67-76-70(73)64-61-58-55-52-49-24-21-18-15-12-9-6-3)78-72(75)66-63-60-57-54-51-48-46-43-28-26-23-20-17-14-11-8-5-2/h7,10,16,18-19,21,25-28,30-31,69H,4-6,8-9,11-15,17,20,22-24,29,32-68H2,1-3H3/b10-7-,19-16-,21-18-,27-25-,28-26-,31-30-. The van der Waals surface area contributed by atoms with Gasteiger partial charge in [-0.3, -0.25) is 14.4 Å². The van der Waals surface area contributed by atoms with Gasteiger partial charge in [0.05, 0.1) is 0 Å². The SMILES string of the molecule is CC/C=C\C/C=C\C/C=C\C/C=C\CCCCCCCCCCCCCCCCCCCCC(=O)OCC(COC(=O)CCCCCCC/C=C\CCCCC)OC(=O)CCCCCCCCC/C=C\CCCCCCCC. The van der Waals surface area contributed by atoms with Crippen molar-refractivity contribution in [3.63, 3.8) is 0 Å². The van der Waals surface area contributed by atoms with Crippen LogP contribution in [0.15, 0.2) is 72.9 Å². The zero-order valence-electron chi connectivity index (χ0n) is 51.9. The average molecular weight is 1090 g/mol.